The molecule has 0 radical (unpaired) electrons. The van der Waals surface area contributed by atoms with Crippen molar-refractivity contribution in [2.45, 2.75) is 69.9 Å². The van der Waals surface area contributed by atoms with Crippen LogP contribution in [-0.4, -0.2) is 25.3 Å². The van der Waals surface area contributed by atoms with E-state index in [1.807, 2.05) is 4.90 Å². The van der Waals surface area contributed by atoms with Crippen LogP contribution in [0.3, 0.4) is 0 Å². The van der Waals surface area contributed by atoms with Crippen molar-refractivity contribution in [1.29, 1.82) is 0 Å². The highest BCUT2D eigenvalue weighted by Gasteiger charge is 2.55. The van der Waals surface area contributed by atoms with Crippen molar-refractivity contribution in [3.8, 4) is 5.75 Å². The van der Waals surface area contributed by atoms with Gasteiger partial charge in [-0.25, -0.2) is 4.39 Å². The summed E-state index contributed by atoms with van der Waals surface area (Å²) < 4.78 is 43.3. The number of rotatable bonds is 7. The highest BCUT2D eigenvalue weighted by atomic mass is 32.2. The highest BCUT2D eigenvalue weighted by molar-refractivity contribution is 7.87. The second kappa shape index (κ2) is 8.67. The topological polar surface area (TPSA) is 63.7 Å². The molecule has 0 aromatic heterocycles. The lowest BCUT2D eigenvalue weighted by atomic mass is 9.49. The molecule has 0 heterocycles. The van der Waals surface area contributed by atoms with E-state index in [1.165, 1.54) is 31.4 Å². The van der Waals surface area contributed by atoms with E-state index in [2.05, 4.69) is 13.8 Å². The summed E-state index contributed by atoms with van der Waals surface area (Å²) in [5.41, 5.74) is 0.740. The summed E-state index contributed by atoms with van der Waals surface area (Å²) in [6.07, 6.45) is 7.02. The molecule has 182 valence electrons. The summed E-state index contributed by atoms with van der Waals surface area (Å²) in [7, 11) is -4.05. The number of halogens is 1. The second-order valence-corrected chi connectivity index (χ2v) is 12.4. The van der Waals surface area contributed by atoms with Crippen LogP contribution < -0.4 is 4.18 Å². The molecule has 6 rings (SSSR count). The molecule has 4 aliphatic carbocycles. The fraction of sp³-hybridized carbons (Fsp3) is 0.519. The molecule has 4 fully saturated rings. The third-order valence-electron chi connectivity index (χ3n) is 7.96. The molecule has 0 spiro atoms. The standard InChI is InChI=1S/C27H32FNO4S/c1-18(2)29(26(30)27-14-20-11-21(15-27)13-22(12-20)16-27)17-19-3-7-24(8-4-19)33-34(31,32)25-9-5-23(28)6-10-25/h3-10,18,20-22H,11-17H2,1-2H3. The first-order valence-electron chi connectivity index (χ1n) is 12.2. The fourth-order valence-corrected chi connectivity index (χ4v) is 7.72. The molecular weight excluding hydrogens is 453 g/mol. The average Bonchev–Trinajstić information content (AvgIpc) is 2.77. The summed E-state index contributed by atoms with van der Waals surface area (Å²) in [5, 5.41) is 0. The maximum absolute atomic E-state index is 13.9. The number of benzene rings is 2. The Morgan fingerprint density at radius 1 is 0.971 bits per heavy atom. The third-order valence-corrected chi connectivity index (χ3v) is 9.22. The van der Waals surface area contributed by atoms with Crippen LogP contribution in [0.15, 0.2) is 53.4 Å². The predicted molar refractivity (Wildman–Crippen MR) is 127 cm³/mol. The van der Waals surface area contributed by atoms with Crippen molar-refractivity contribution in [3.63, 3.8) is 0 Å². The first-order chi connectivity index (χ1) is 16.1. The van der Waals surface area contributed by atoms with E-state index >= 15 is 0 Å². The Morgan fingerprint density at radius 3 is 2.00 bits per heavy atom. The molecule has 0 unspecified atom stereocenters. The zero-order valence-electron chi connectivity index (χ0n) is 19.7. The van der Waals surface area contributed by atoms with E-state index in [0.717, 1.165) is 37.0 Å². The number of hydrogen-bond donors (Lipinski definition) is 0. The van der Waals surface area contributed by atoms with Crippen LogP contribution in [0, 0.1) is 29.0 Å². The zero-order valence-corrected chi connectivity index (χ0v) is 20.6. The fourth-order valence-electron chi connectivity index (χ4n) is 6.79. The molecule has 4 saturated carbocycles. The lowest BCUT2D eigenvalue weighted by molar-refractivity contribution is -0.160. The summed E-state index contributed by atoms with van der Waals surface area (Å²) >= 11 is 0. The van der Waals surface area contributed by atoms with Gasteiger partial charge in [0.15, 0.2) is 0 Å². The van der Waals surface area contributed by atoms with Crippen molar-refractivity contribution in [3.05, 3.63) is 59.9 Å². The van der Waals surface area contributed by atoms with Crippen molar-refractivity contribution >= 4 is 16.0 Å². The molecule has 4 aliphatic rings. The zero-order chi connectivity index (χ0) is 24.1. The van der Waals surface area contributed by atoms with Gasteiger partial charge in [0.2, 0.25) is 5.91 Å². The summed E-state index contributed by atoms with van der Waals surface area (Å²) in [4.78, 5) is 15.8. The van der Waals surface area contributed by atoms with Gasteiger partial charge in [0.1, 0.15) is 16.5 Å². The van der Waals surface area contributed by atoms with Crippen LogP contribution in [0.4, 0.5) is 4.39 Å². The van der Waals surface area contributed by atoms with Gasteiger partial charge in [-0.15, -0.1) is 0 Å². The van der Waals surface area contributed by atoms with Gasteiger partial charge in [-0.1, -0.05) is 12.1 Å². The highest BCUT2D eigenvalue weighted by Crippen LogP contribution is 2.60. The maximum Gasteiger partial charge on any atom is 0.339 e. The van der Waals surface area contributed by atoms with Crippen LogP contribution in [0.1, 0.15) is 57.9 Å². The first-order valence-corrected chi connectivity index (χ1v) is 13.6. The summed E-state index contributed by atoms with van der Waals surface area (Å²) in [5.74, 6) is 2.09. The van der Waals surface area contributed by atoms with Crippen LogP contribution in [0.2, 0.25) is 0 Å². The van der Waals surface area contributed by atoms with Crippen molar-refractivity contribution in [2.24, 2.45) is 23.2 Å². The second-order valence-electron chi connectivity index (χ2n) is 10.9. The molecule has 0 atom stereocenters. The normalized spacial score (nSPS) is 27.7. The minimum atomic E-state index is -4.05. The minimum absolute atomic E-state index is 0.0790. The molecule has 0 N–H and O–H groups in total. The molecule has 0 aliphatic heterocycles. The Labute approximate surface area is 201 Å². The maximum atomic E-state index is 13.9. The van der Waals surface area contributed by atoms with E-state index in [-0.39, 0.29) is 22.1 Å². The number of hydrogen-bond acceptors (Lipinski definition) is 4. The Morgan fingerprint density at radius 2 is 1.50 bits per heavy atom. The molecule has 4 bridgehead atoms. The van der Waals surface area contributed by atoms with Crippen LogP contribution in [0.5, 0.6) is 5.75 Å². The first kappa shape index (κ1) is 23.3. The van der Waals surface area contributed by atoms with Gasteiger partial charge < -0.3 is 9.08 Å². The molecule has 2 aromatic rings. The predicted octanol–water partition coefficient (Wildman–Crippen LogP) is 5.55. The van der Waals surface area contributed by atoms with Gasteiger partial charge in [-0.2, -0.15) is 8.42 Å². The minimum Gasteiger partial charge on any atom is -0.379 e. The lowest BCUT2D eigenvalue weighted by Crippen LogP contribution is -2.55. The third kappa shape index (κ3) is 4.47. The molecule has 0 saturated heterocycles. The van der Waals surface area contributed by atoms with Crippen molar-refractivity contribution < 1.29 is 21.8 Å². The lowest BCUT2D eigenvalue weighted by Gasteiger charge is -2.57. The van der Waals surface area contributed by atoms with E-state index in [0.29, 0.717) is 30.2 Å². The Balaban J connectivity index is 1.29. The Hall–Kier alpha value is -2.41. The quantitative estimate of drug-likeness (QED) is 0.483. The van der Waals surface area contributed by atoms with Gasteiger partial charge in [0, 0.05) is 12.6 Å². The summed E-state index contributed by atoms with van der Waals surface area (Å²) in [6, 6.07) is 11.4. The molecule has 7 heteroatoms. The Kier molecular flexibility index (Phi) is 5.95. The smallest absolute Gasteiger partial charge is 0.339 e. The molecule has 34 heavy (non-hydrogen) atoms. The van der Waals surface area contributed by atoms with E-state index in [9.17, 15) is 17.6 Å². The monoisotopic (exact) mass is 485 g/mol. The molecular formula is C27H32FNO4S. The largest absolute Gasteiger partial charge is 0.379 e. The van der Waals surface area contributed by atoms with Gasteiger partial charge in [-0.3, -0.25) is 4.79 Å². The average molecular weight is 486 g/mol. The molecule has 5 nitrogen and oxygen atoms in total. The number of carbonyl (C=O) groups excluding carboxylic acids is 1. The number of amides is 1. The van der Waals surface area contributed by atoms with E-state index in [1.54, 1.807) is 24.3 Å². The van der Waals surface area contributed by atoms with Crippen molar-refractivity contribution in [2.75, 3.05) is 0 Å². The van der Waals surface area contributed by atoms with E-state index in [4.69, 9.17) is 4.18 Å². The van der Waals surface area contributed by atoms with Gasteiger partial charge >= 0.3 is 10.1 Å². The molecule has 1 amide bonds. The van der Waals surface area contributed by atoms with Crippen LogP contribution >= 0.6 is 0 Å². The summed E-state index contributed by atoms with van der Waals surface area (Å²) in [6.45, 7) is 4.61. The van der Waals surface area contributed by atoms with E-state index < -0.39 is 15.9 Å². The SMILES string of the molecule is CC(C)N(Cc1ccc(OS(=O)(=O)c2ccc(F)cc2)cc1)C(=O)C12CC3CC(CC(C3)C1)C2. The van der Waals surface area contributed by atoms with Gasteiger partial charge in [0.05, 0.1) is 5.41 Å². The number of nitrogens with zero attached hydrogens (tertiary/aromatic N) is 1. The van der Waals surface area contributed by atoms with Gasteiger partial charge in [-0.05, 0) is 112 Å². The van der Waals surface area contributed by atoms with Gasteiger partial charge in [0.25, 0.3) is 0 Å². The Bertz CT molecular complexity index is 1120. The van der Waals surface area contributed by atoms with Crippen LogP contribution in [-0.2, 0) is 21.5 Å². The van der Waals surface area contributed by atoms with Crippen molar-refractivity contribution in [1.82, 2.24) is 4.90 Å². The number of carbonyl (C=O) groups is 1. The molecule has 2 aromatic carbocycles. The van der Waals surface area contributed by atoms with Crippen LogP contribution in [0.25, 0.3) is 0 Å².